The first kappa shape index (κ1) is 19.9. The van der Waals surface area contributed by atoms with Gasteiger partial charge in [0.1, 0.15) is 6.29 Å². The van der Waals surface area contributed by atoms with Crippen LogP contribution in [0.5, 0.6) is 0 Å². The van der Waals surface area contributed by atoms with Crippen LogP contribution >= 0.6 is 11.6 Å². The van der Waals surface area contributed by atoms with Crippen molar-refractivity contribution >= 4 is 35.1 Å². The number of hydrogen-bond donors (Lipinski definition) is 0. The molecular weight excluding hydrogens is 276 g/mol. The zero-order valence-electron chi connectivity index (χ0n) is 11.1. The average Bonchev–Trinajstić information content (AvgIpc) is 2.35. The number of rotatable bonds is 8. The second kappa shape index (κ2) is 14.6. The Labute approximate surface area is 117 Å². The number of hydrogen-bond acceptors (Lipinski definition) is 6. The van der Waals surface area contributed by atoms with Crippen molar-refractivity contribution in [1.82, 2.24) is 0 Å². The zero-order valence-corrected chi connectivity index (χ0v) is 11.9. The Balaban J connectivity index is 0. The summed E-state index contributed by atoms with van der Waals surface area (Å²) in [5, 5.41) is -0.506. The molecule has 0 aliphatic heterocycles. The number of halogens is 1. The van der Waals surface area contributed by atoms with Gasteiger partial charge in [0.25, 0.3) is 0 Å². The van der Waals surface area contributed by atoms with Crippen LogP contribution in [0, 0.1) is 0 Å². The van der Waals surface area contributed by atoms with Crippen LogP contribution in [0.15, 0.2) is 0 Å². The zero-order chi connectivity index (χ0) is 15.1. The molecule has 0 aromatic heterocycles. The Morgan fingerprint density at radius 1 is 0.947 bits per heavy atom. The first-order valence-corrected chi connectivity index (χ1v) is 6.28. The third kappa shape index (κ3) is 19.1. The lowest BCUT2D eigenvalue weighted by atomic mass is 10.3. The van der Waals surface area contributed by atoms with Gasteiger partial charge >= 0.3 is 11.9 Å². The fourth-order valence-corrected chi connectivity index (χ4v) is 0.938. The lowest BCUT2D eigenvalue weighted by molar-refractivity contribution is -0.144. The van der Waals surface area contributed by atoms with E-state index in [0.717, 1.165) is 0 Å². The van der Waals surface area contributed by atoms with Gasteiger partial charge in [-0.3, -0.25) is 14.4 Å². The molecule has 0 unspecified atom stereocenters. The molecular formula is C12H19ClO6. The smallest absolute Gasteiger partial charge is 0.306 e. The van der Waals surface area contributed by atoms with Crippen molar-refractivity contribution < 1.29 is 28.7 Å². The highest BCUT2D eigenvalue weighted by Crippen LogP contribution is 1.96. The second-order valence-electron chi connectivity index (χ2n) is 3.17. The number of aldehydes is 1. The predicted molar refractivity (Wildman–Crippen MR) is 68.7 cm³/mol. The second-order valence-corrected chi connectivity index (χ2v) is 3.59. The Hall–Kier alpha value is -1.43. The van der Waals surface area contributed by atoms with E-state index in [2.05, 4.69) is 9.47 Å². The quantitative estimate of drug-likeness (QED) is 0.384. The molecule has 0 radical (unpaired) electrons. The number of ether oxygens (including phenoxy) is 2. The summed E-state index contributed by atoms with van der Waals surface area (Å²) in [7, 11) is 0. The van der Waals surface area contributed by atoms with Crippen LogP contribution in [0.4, 0.5) is 0 Å². The van der Waals surface area contributed by atoms with Crippen molar-refractivity contribution in [2.24, 2.45) is 0 Å². The number of esters is 2. The monoisotopic (exact) mass is 294 g/mol. The van der Waals surface area contributed by atoms with Crippen LogP contribution in [-0.2, 0) is 28.7 Å². The molecule has 0 amide bonds. The van der Waals surface area contributed by atoms with Gasteiger partial charge in [0, 0.05) is 12.8 Å². The molecule has 0 fully saturated rings. The molecule has 0 spiro atoms. The molecule has 0 N–H and O–H groups in total. The van der Waals surface area contributed by atoms with E-state index < -0.39 is 5.24 Å². The summed E-state index contributed by atoms with van der Waals surface area (Å²) in [6, 6.07) is 0. The summed E-state index contributed by atoms with van der Waals surface area (Å²) in [6.45, 7) is 4.17. The van der Waals surface area contributed by atoms with E-state index >= 15 is 0 Å². The average molecular weight is 295 g/mol. The molecule has 0 rings (SSSR count). The molecule has 0 heterocycles. The van der Waals surface area contributed by atoms with Crippen molar-refractivity contribution in [3.63, 3.8) is 0 Å². The van der Waals surface area contributed by atoms with Gasteiger partial charge in [-0.1, -0.05) is 0 Å². The topological polar surface area (TPSA) is 86.7 Å². The Kier molecular flexibility index (Phi) is 15.3. The van der Waals surface area contributed by atoms with Gasteiger partial charge in [0.05, 0.1) is 26.1 Å². The predicted octanol–water partition coefficient (Wildman–Crippen LogP) is 1.62. The fourth-order valence-electron chi connectivity index (χ4n) is 0.843. The van der Waals surface area contributed by atoms with Crippen LogP contribution in [0.2, 0.25) is 0 Å². The fraction of sp³-hybridized carbons (Fsp3) is 0.667. The van der Waals surface area contributed by atoms with E-state index in [9.17, 15) is 19.2 Å². The van der Waals surface area contributed by atoms with E-state index in [0.29, 0.717) is 19.5 Å². The standard InChI is InChI=1S/C6H9ClO3.C6H10O3/c1-2-10-6(9)4-3-5(7)8;1-2-9-6(8)4-3-5-7/h2-4H2,1H3;5H,2-4H2,1H3. The van der Waals surface area contributed by atoms with Crippen molar-refractivity contribution in [1.29, 1.82) is 0 Å². The van der Waals surface area contributed by atoms with Gasteiger partial charge in [-0.25, -0.2) is 0 Å². The number of carbonyl (C=O) groups is 4. The van der Waals surface area contributed by atoms with Gasteiger partial charge in [-0.2, -0.15) is 0 Å². The van der Waals surface area contributed by atoms with Gasteiger partial charge in [0.15, 0.2) is 0 Å². The third-order valence-electron chi connectivity index (χ3n) is 1.60. The minimum absolute atomic E-state index is 0.0559. The van der Waals surface area contributed by atoms with Crippen molar-refractivity contribution in [2.45, 2.75) is 39.5 Å². The Morgan fingerprint density at radius 2 is 1.42 bits per heavy atom. The molecule has 0 aliphatic rings. The molecule has 0 bridgehead atoms. The minimum atomic E-state index is -0.506. The summed E-state index contributed by atoms with van der Waals surface area (Å²) in [4.78, 5) is 40.8. The van der Waals surface area contributed by atoms with Crippen molar-refractivity contribution in [3.8, 4) is 0 Å². The molecule has 0 saturated heterocycles. The molecule has 110 valence electrons. The molecule has 0 atom stereocenters. The minimum Gasteiger partial charge on any atom is -0.466 e. The van der Waals surface area contributed by atoms with Crippen LogP contribution in [0.1, 0.15) is 39.5 Å². The SMILES string of the molecule is CCOC(=O)CCC(=O)Cl.CCOC(=O)CCC=O. The van der Waals surface area contributed by atoms with Gasteiger partial charge in [0.2, 0.25) is 5.24 Å². The first-order valence-electron chi connectivity index (χ1n) is 5.91. The van der Waals surface area contributed by atoms with E-state index in [1.54, 1.807) is 13.8 Å². The third-order valence-corrected chi connectivity index (χ3v) is 1.79. The van der Waals surface area contributed by atoms with Crippen LogP contribution in [0.25, 0.3) is 0 Å². The molecule has 7 heteroatoms. The van der Waals surface area contributed by atoms with Gasteiger partial charge in [-0.15, -0.1) is 0 Å². The highest BCUT2D eigenvalue weighted by atomic mass is 35.5. The highest BCUT2D eigenvalue weighted by molar-refractivity contribution is 6.63. The summed E-state index contributed by atoms with van der Waals surface area (Å²) in [6.07, 6.45) is 1.31. The van der Waals surface area contributed by atoms with E-state index in [1.807, 2.05) is 0 Å². The first-order chi connectivity index (χ1) is 8.97. The Bertz CT molecular complexity index is 290. The maximum atomic E-state index is 10.5. The van der Waals surface area contributed by atoms with Crippen molar-refractivity contribution in [3.05, 3.63) is 0 Å². The van der Waals surface area contributed by atoms with Gasteiger partial charge in [-0.05, 0) is 25.4 Å². The van der Waals surface area contributed by atoms with Crippen LogP contribution in [-0.4, -0.2) is 36.7 Å². The molecule has 19 heavy (non-hydrogen) atoms. The lowest BCUT2D eigenvalue weighted by Gasteiger charge is -1.97. The summed E-state index contributed by atoms with van der Waals surface area (Å²) in [5.41, 5.74) is 0. The maximum absolute atomic E-state index is 10.5. The summed E-state index contributed by atoms with van der Waals surface area (Å²) < 4.78 is 9.09. The molecule has 6 nitrogen and oxygen atoms in total. The van der Waals surface area contributed by atoms with Gasteiger partial charge < -0.3 is 14.3 Å². The Morgan fingerprint density at radius 3 is 1.79 bits per heavy atom. The normalized spacial score (nSPS) is 8.79. The van der Waals surface area contributed by atoms with Crippen LogP contribution in [0.3, 0.4) is 0 Å². The highest BCUT2D eigenvalue weighted by Gasteiger charge is 2.03. The largest absolute Gasteiger partial charge is 0.466 e. The molecule has 0 aromatic rings. The maximum Gasteiger partial charge on any atom is 0.306 e. The lowest BCUT2D eigenvalue weighted by Crippen LogP contribution is -2.04. The molecule has 0 aromatic carbocycles. The molecule has 0 saturated carbocycles. The van der Waals surface area contributed by atoms with E-state index in [-0.39, 0.29) is 37.6 Å². The van der Waals surface area contributed by atoms with Crippen LogP contribution < -0.4 is 0 Å². The number of carbonyl (C=O) groups excluding carboxylic acids is 4. The molecule has 0 aliphatic carbocycles. The van der Waals surface area contributed by atoms with E-state index in [1.165, 1.54) is 0 Å². The van der Waals surface area contributed by atoms with E-state index in [4.69, 9.17) is 11.6 Å². The van der Waals surface area contributed by atoms with Crippen molar-refractivity contribution in [2.75, 3.05) is 13.2 Å². The summed E-state index contributed by atoms with van der Waals surface area (Å²) in [5.74, 6) is -0.680. The summed E-state index contributed by atoms with van der Waals surface area (Å²) >= 11 is 4.98.